The molecule has 5 heteroatoms. The van der Waals surface area contributed by atoms with Gasteiger partial charge in [-0.15, -0.1) is 6.42 Å². The summed E-state index contributed by atoms with van der Waals surface area (Å²) in [4.78, 5) is 11.9. The average Bonchev–Trinajstić information content (AvgIpc) is 2.54. The van der Waals surface area contributed by atoms with Gasteiger partial charge in [0, 0.05) is 0 Å². The van der Waals surface area contributed by atoms with Gasteiger partial charge < -0.3 is 4.74 Å². The van der Waals surface area contributed by atoms with Gasteiger partial charge in [-0.05, 0) is 29.8 Å². The molecule has 22 heavy (non-hydrogen) atoms. The summed E-state index contributed by atoms with van der Waals surface area (Å²) in [5.74, 6) is 1.55. The monoisotopic (exact) mass is 314 g/mol. The van der Waals surface area contributed by atoms with E-state index < -0.39 is 15.8 Å². The summed E-state index contributed by atoms with van der Waals surface area (Å²) in [5.41, 5.74) is 0.925. The zero-order valence-corrected chi connectivity index (χ0v) is 12.5. The third-order valence-electron chi connectivity index (χ3n) is 2.94. The summed E-state index contributed by atoms with van der Waals surface area (Å²) in [7, 11) is -3.40. The van der Waals surface area contributed by atoms with Crippen LogP contribution in [0.4, 0.5) is 0 Å². The average molecular weight is 314 g/mol. The second-order valence-corrected chi connectivity index (χ2v) is 6.54. The van der Waals surface area contributed by atoms with Gasteiger partial charge in [0.25, 0.3) is 0 Å². The second-order valence-electron chi connectivity index (χ2n) is 4.55. The van der Waals surface area contributed by atoms with Gasteiger partial charge in [0.1, 0.15) is 0 Å². The smallest absolute Gasteiger partial charge is 0.339 e. The maximum Gasteiger partial charge on any atom is 0.339 e. The number of esters is 1. The van der Waals surface area contributed by atoms with Crippen molar-refractivity contribution in [2.45, 2.75) is 10.6 Å². The Morgan fingerprint density at radius 1 is 1.05 bits per heavy atom. The fourth-order valence-electron chi connectivity index (χ4n) is 1.86. The molecule has 0 amide bonds. The first-order valence-electron chi connectivity index (χ1n) is 6.50. The highest BCUT2D eigenvalue weighted by Crippen LogP contribution is 2.16. The van der Waals surface area contributed by atoms with Crippen molar-refractivity contribution >= 4 is 15.8 Å². The number of ether oxygens (including phenoxy) is 1. The summed E-state index contributed by atoms with van der Waals surface area (Å²) < 4.78 is 29.3. The van der Waals surface area contributed by atoms with E-state index in [1.54, 1.807) is 42.5 Å². The standard InChI is InChI=1S/C17H14O4S/c1-2-12-21-17(18)15-10-8-14(9-11-15)13-22(19,20)16-6-4-3-5-7-16/h1,3-11H,12-13H2. The van der Waals surface area contributed by atoms with Crippen molar-refractivity contribution in [2.24, 2.45) is 0 Å². The predicted octanol–water partition coefficient (Wildman–Crippen LogP) is 2.45. The third kappa shape index (κ3) is 3.96. The number of carbonyl (C=O) groups is 1. The van der Waals surface area contributed by atoms with E-state index in [-0.39, 0.29) is 17.3 Å². The van der Waals surface area contributed by atoms with Crippen LogP contribution in [0, 0.1) is 12.3 Å². The first-order chi connectivity index (χ1) is 10.5. The van der Waals surface area contributed by atoms with Crippen molar-refractivity contribution in [3.63, 3.8) is 0 Å². The van der Waals surface area contributed by atoms with Crippen LogP contribution < -0.4 is 0 Å². The van der Waals surface area contributed by atoms with Crippen LogP contribution in [-0.2, 0) is 20.3 Å². The minimum absolute atomic E-state index is 0.0943. The minimum atomic E-state index is -3.40. The number of hydrogen-bond donors (Lipinski definition) is 0. The van der Waals surface area contributed by atoms with Gasteiger partial charge in [-0.3, -0.25) is 0 Å². The highest BCUT2D eigenvalue weighted by Gasteiger charge is 2.15. The second kappa shape index (κ2) is 6.92. The fraction of sp³-hybridized carbons (Fsp3) is 0.118. The lowest BCUT2D eigenvalue weighted by atomic mass is 10.1. The molecule has 0 bridgehead atoms. The molecule has 2 aromatic rings. The first-order valence-corrected chi connectivity index (χ1v) is 8.15. The lowest BCUT2D eigenvalue weighted by molar-refractivity contribution is 0.0557. The van der Waals surface area contributed by atoms with E-state index in [9.17, 15) is 13.2 Å². The van der Waals surface area contributed by atoms with Crippen LogP contribution in [0.15, 0.2) is 59.5 Å². The zero-order chi connectivity index (χ0) is 16.0. The largest absolute Gasteiger partial charge is 0.449 e. The van der Waals surface area contributed by atoms with Crippen LogP contribution in [-0.4, -0.2) is 21.0 Å². The fourth-order valence-corrected chi connectivity index (χ4v) is 3.23. The summed E-state index contributed by atoms with van der Waals surface area (Å²) in [6.07, 6.45) is 5.01. The molecule has 0 heterocycles. The molecular weight excluding hydrogens is 300 g/mol. The first kappa shape index (κ1) is 15.8. The molecule has 0 aliphatic rings. The summed E-state index contributed by atoms with van der Waals surface area (Å²) >= 11 is 0. The number of carbonyl (C=O) groups excluding carboxylic acids is 1. The lowest BCUT2D eigenvalue weighted by Gasteiger charge is -2.06. The predicted molar refractivity (Wildman–Crippen MR) is 82.9 cm³/mol. The number of hydrogen-bond acceptors (Lipinski definition) is 4. The molecule has 0 aliphatic heterocycles. The van der Waals surface area contributed by atoms with E-state index in [4.69, 9.17) is 11.2 Å². The van der Waals surface area contributed by atoms with E-state index in [2.05, 4.69) is 5.92 Å². The summed E-state index contributed by atoms with van der Waals surface area (Å²) in [5, 5.41) is 0. The van der Waals surface area contributed by atoms with E-state index >= 15 is 0 Å². The number of rotatable bonds is 5. The molecule has 112 valence electrons. The molecule has 0 saturated heterocycles. The van der Waals surface area contributed by atoms with Gasteiger partial charge in [-0.25, -0.2) is 13.2 Å². The van der Waals surface area contributed by atoms with Crippen molar-refractivity contribution in [3.05, 3.63) is 65.7 Å². The molecule has 0 saturated carbocycles. The SMILES string of the molecule is C#CCOC(=O)c1ccc(CS(=O)(=O)c2ccccc2)cc1. The molecule has 4 nitrogen and oxygen atoms in total. The van der Waals surface area contributed by atoms with Crippen molar-refractivity contribution in [1.82, 2.24) is 0 Å². The number of sulfone groups is 1. The van der Waals surface area contributed by atoms with Crippen LogP contribution >= 0.6 is 0 Å². The van der Waals surface area contributed by atoms with Crippen molar-refractivity contribution in [2.75, 3.05) is 6.61 Å². The molecule has 0 spiro atoms. The van der Waals surface area contributed by atoms with Crippen LogP contribution in [0.25, 0.3) is 0 Å². The zero-order valence-electron chi connectivity index (χ0n) is 11.7. The molecular formula is C17H14O4S. The third-order valence-corrected chi connectivity index (χ3v) is 4.64. The van der Waals surface area contributed by atoms with Crippen LogP contribution in [0.3, 0.4) is 0 Å². The maximum absolute atomic E-state index is 12.2. The molecule has 2 aromatic carbocycles. The summed E-state index contributed by atoms with van der Waals surface area (Å²) in [6.45, 7) is -0.0943. The Bertz CT molecular complexity index is 785. The number of benzene rings is 2. The Morgan fingerprint density at radius 3 is 2.27 bits per heavy atom. The van der Waals surface area contributed by atoms with E-state index in [1.807, 2.05) is 0 Å². The van der Waals surface area contributed by atoms with E-state index in [1.165, 1.54) is 12.1 Å². The van der Waals surface area contributed by atoms with Crippen LogP contribution in [0.1, 0.15) is 15.9 Å². The molecule has 0 radical (unpaired) electrons. The van der Waals surface area contributed by atoms with Gasteiger partial charge in [0.05, 0.1) is 16.2 Å². The lowest BCUT2D eigenvalue weighted by Crippen LogP contribution is -2.07. The van der Waals surface area contributed by atoms with Crippen molar-refractivity contribution in [1.29, 1.82) is 0 Å². The van der Waals surface area contributed by atoms with Crippen LogP contribution in [0.2, 0.25) is 0 Å². The van der Waals surface area contributed by atoms with Crippen LogP contribution in [0.5, 0.6) is 0 Å². The normalized spacial score (nSPS) is 10.7. The van der Waals surface area contributed by atoms with Gasteiger partial charge in [0.15, 0.2) is 16.4 Å². The molecule has 0 aliphatic carbocycles. The van der Waals surface area contributed by atoms with Gasteiger partial charge >= 0.3 is 5.97 Å². The Morgan fingerprint density at radius 2 is 1.68 bits per heavy atom. The molecule has 2 rings (SSSR count). The minimum Gasteiger partial charge on any atom is -0.449 e. The highest BCUT2D eigenvalue weighted by molar-refractivity contribution is 7.90. The molecule has 0 aromatic heterocycles. The Kier molecular flexibility index (Phi) is 4.97. The Hall–Kier alpha value is -2.58. The number of terminal acetylenes is 1. The van der Waals surface area contributed by atoms with Gasteiger partial charge in [0.2, 0.25) is 0 Å². The molecule has 0 fully saturated rings. The van der Waals surface area contributed by atoms with Crippen molar-refractivity contribution < 1.29 is 17.9 Å². The topological polar surface area (TPSA) is 60.4 Å². The van der Waals surface area contributed by atoms with Crippen molar-refractivity contribution in [3.8, 4) is 12.3 Å². The van der Waals surface area contributed by atoms with E-state index in [0.29, 0.717) is 11.1 Å². The van der Waals surface area contributed by atoms with Gasteiger partial charge in [-0.1, -0.05) is 36.3 Å². The Labute approximate surface area is 129 Å². The molecule has 0 N–H and O–H groups in total. The van der Waals surface area contributed by atoms with E-state index in [0.717, 1.165) is 0 Å². The quantitative estimate of drug-likeness (QED) is 0.628. The molecule has 0 atom stereocenters. The van der Waals surface area contributed by atoms with Gasteiger partial charge in [-0.2, -0.15) is 0 Å². The molecule has 0 unspecified atom stereocenters. The highest BCUT2D eigenvalue weighted by atomic mass is 32.2. The summed E-state index contributed by atoms with van der Waals surface area (Å²) in [6, 6.07) is 14.5. The maximum atomic E-state index is 12.2. The Balaban J connectivity index is 2.12.